The van der Waals surface area contributed by atoms with Crippen LogP contribution >= 0.6 is 0 Å². The minimum absolute atomic E-state index is 0.594. The summed E-state index contributed by atoms with van der Waals surface area (Å²) in [6.45, 7) is 0. The van der Waals surface area contributed by atoms with Crippen LogP contribution in [-0.4, -0.2) is 19.5 Å². The first-order valence-corrected chi connectivity index (χ1v) is 18.1. The maximum absolute atomic E-state index is 6.86. The molecule has 54 heavy (non-hydrogen) atoms. The molecule has 6 heteroatoms. The number of hydrogen-bond acceptors (Lipinski definition) is 5. The molecule has 252 valence electrons. The third-order valence-electron chi connectivity index (χ3n) is 11.3. The van der Waals surface area contributed by atoms with Gasteiger partial charge in [-0.05, 0) is 94.0 Å². The quantitative estimate of drug-likeness (QED) is 0.180. The second kappa shape index (κ2) is 10.9. The largest absolute Gasteiger partial charge is 0.457 e. The van der Waals surface area contributed by atoms with E-state index in [-0.39, 0.29) is 0 Å². The van der Waals surface area contributed by atoms with Crippen LogP contribution in [0, 0.1) is 0 Å². The van der Waals surface area contributed by atoms with E-state index in [1.807, 2.05) is 35.0 Å². The van der Waals surface area contributed by atoms with Crippen molar-refractivity contribution in [3.05, 3.63) is 191 Å². The van der Waals surface area contributed by atoms with E-state index in [0.29, 0.717) is 5.95 Å². The summed E-state index contributed by atoms with van der Waals surface area (Å²) >= 11 is 0. The van der Waals surface area contributed by atoms with Crippen molar-refractivity contribution in [1.29, 1.82) is 0 Å². The van der Waals surface area contributed by atoms with Crippen LogP contribution in [0.2, 0.25) is 0 Å². The number of pyridine rings is 1. The van der Waals surface area contributed by atoms with Crippen molar-refractivity contribution in [3.8, 4) is 28.6 Å². The third kappa shape index (κ3) is 3.91. The minimum atomic E-state index is -0.725. The fraction of sp³-hybridized carbons (Fsp3) is 0.0208. The summed E-state index contributed by atoms with van der Waals surface area (Å²) in [6.07, 6.45) is 9.86. The molecule has 4 aromatic heterocycles. The first kappa shape index (κ1) is 29.3. The van der Waals surface area contributed by atoms with Crippen LogP contribution in [-0.2, 0) is 5.41 Å². The highest BCUT2D eigenvalue weighted by molar-refractivity contribution is 6.09. The molecule has 0 amide bonds. The zero-order valence-corrected chi connectivity index (χ0v) is 28.8. The molecule has 1 spiro atoms. The lowest BCUT2D eigenvalue weighted by Gasteiger charge is -2.42. The van der Waals surface area contributed by atoms with Crippen LogP contribution < -0.4 is 4.74 Å². The van der Waals surface area contributed by atoms with Gasteiger partial charge in [0.2, 0.25) is 5.95 Å². The van der Waals surface area contributed by atoms with Crippen LogP contribution in [0.25, 0.3) is 73.1 Å². The SMILES string of the molecule is C1=Cc2ccc(-c3ccc4c(c3)c3cccnc3n4-c3ncccn3)cc2C2(c3ccccc31)c1ccccc1Oc1cc3c(cc12)oc1ccccc13. The van der Waals surface area contributed by atoms with Crippen LogP contribution in [0.5, 0.6) is 11.5 Å². The van der Waals surface area contributed by atoms with E-state index in [1.54, 1.807) is 12.4 Å². The first-order valence-electron chi connectivity index (χ1n) is 18.1. The molecule has 1 aliphatic carbocycles. The van der Waals surface area contributed by atoms with Crippen molar-refractivity contribution >= 4 is 56.0 Å². The van der Waals surface area contributed by atoms with Gasteiger partial charge in [-0.25, -0.2) is 15.0 Å². The van der Waals surface area contributed by atoms with Gasteiger partial charge in [0.1, 0.15) is 28.3 Å². The molecule has 0 saturated heterocycles. The Morgan fingerprint density at radius 3 is 2.13 bits per heavy atom. The summed E-state index contributed by atoms with van der Waals surface area (Å²) in [7, 11) is 0. The van der Waals surface area contributed by atoms with Crippen molar-refractivity contribution < 1.29 is 9.15 Å². The van der Waals surface area contributed by atoms with Gasteiger partial charge in [0, 0.05) is 51.3 Å². The average Bonchev–Trinajstić information content (AvgIpc) is 3.72. The summed E-state index contributed by atoms with van der Waals surface area (Å²) in [5, 5.41) is 4.25. The molecule has 5 heterocycles. The van der Waals surface area contributed by atoms with E-state index < -0.39 is 5.41 Å². The summed E-state index contributed by atoms with van der Waals surface area (Å²) in [4.78, 5) is 13.9. The number of hydrogen-bond donors (Lipinski definition) is 0. The molecule has 0 bridgehead atoms. The minimum Gasteiger partial charge on any atom is -0.457 e. The van der Waals surface area contributed by atoms with Gasteiger partial charge in [-0.3, -0.25) is 4.57 Å². The van der Waals surface area contributed by atoms with Gasteiger partial charge < -0.3 is 9.15 Å². The Kier molecular flexibility index (Phi) is 5.89. The van der Waals surface area contributed by atoms with E-state index in [1.165, 1.54) is 11.1 Å². The van der Waals surface area contributed by atoms with Crippen molar-refractivity contribution in [2.45, 2.75) is 5.41 Å². The predicted molar refractivity (Wildman–Crippen MR) is 214 cm³/mol. The van der Waals surface area contributed by atoms with Crippen LogP contribution in [0.1, 0.15) is 33.4 Å². The molecule has 1 unspecified atom stereocenters. The molecule has 1 atom stereocenters. The normalized spacial score (nSPS) is 15.6. The topological polar surface area (TPSA) is 66.0 Å². The second-order valence-electron chi connectivity index (χ2n) is 14.0. The Bertz CT molecular complexity index is 3210. The zero-order chi connectivity index (χ0) is 35.4. The van der Waals surface area contributed by atoms with E-state index in [0.717, 1.165) is 88.8 Å². The number of nitrogens with zero attached hydrogens (tertiary/aromatic N) is 4. The standard InChI is InChI=1S/C48H28N4O2/c1-3-12-37-29(9-1)16-17-30-18-19-32(31-20-21-41-35(25-31)34-11-7-22-49-46(34)52(41)47-50-23-8-24-51-47)26-39(30)48(37)38-13-4-6-15-43(38)54-45-27-36-33-10-2-5-14-42(33)53-44(36)28-40(45)48/h1-28H. The maximum atomic E-state index is 6.86. The molecule has 0 saturated carbocycles. The molecular formula is C48H28N4O2. The fourth-order valence-corrected chi connectivity index (χ4v) is 8.99. The van der Waals surface area contributed by atoms with Gasteiger partial charge in [-0.2, -0.15) is 0 Å². The Labute approximate surface area is 309 Å². The highest BCUT2D eigenvalue weighted by Crippen LogP contribution is 2.59. The van der Waals surface area contributed by atoms with Crippen molar-refractivity contribution in [2.75, 3.05) is 0 Å². The van der Waals surface area contributed by atoms with E-state index >= 15 is 0 Å². The Balaban J connectivity index is 1.16. The molecule has 6 nitrogen and oxygen atoms in total. The van der Waals surface area contributed by atoms with Gasteiger partial charge in [-0.15, -0.1) is 0 Å². The average molecular weight is 693 g/mol. The molecule has 0 radical (unpaired) electrons. The number of fused-ring (bicyclic) bond motifs is 14. The van der Waals surface area contributed by atoms with Crippen molar-refractivity contribution in [2.24, 2.45) is 0 Å². The lowest BCUT2D eigenvalue weighted by Crippen LogP contribution is -2.35. The Morgan fingerprint density at radius 2 is 1.20 bits per heavy atom. The van der Waals surface area contributed by atoms with Crippen molar-refractivity contribution in [1.82, 2.24) is 19.5 Å². The lowest BCUT2D eigenvalue weighted by molar-refractivity contribution is 0.435. The number of rotatable bonds is 2. The van der Waals surface area contributed by atoms with E-state index in [9.17, 15) is 0 Å². The second-order valence-corrected chi connectivity index (χ2v) is 14.0. The number of ether oxygens (including phenoxy) is 1. The molecule has 2 aliphatic rings. The van der Waals surface area contributed by atoms with Crippen LogP contribution in [0.4, 0.5) is 0 Å². The monoisotopic (exact) mass is 692 g/mol. The lowest BCUT2D eigenvalue weighted by atomic mass is 9.62. The van der Waals surface area contributed by atoms with Crippen LogP contribution in [0.3, 0.4) is 0 Å². The number of furan rings is 1. The third-order valence-corrected chi connectivity index (χ3v) is 11.3. The highest BCUT2D eigenvalue weighted by atomic mass is 16.5. The first-order chi connectivity index (χ1) is 26.8. The molecule has 6 aromatic carbocycles. The maximum Gasteiger partial charge on any atom is 0.235 e. The molecular weight excluding hydrogens is 665 g/mol. The Hall–Kier alpha value is -7.31. The molecule has 0 fully saturated rings. The van der Waals surface area contributed by atoms with Crippen LogP contribution in [0.15, 0.2) is 163 Å². The summed E-state index contributed by atoms with van der Waals surface area (Å²) in [5.41, 5.74) is 11.8. The Morgan fingerprint density at radius 1 is 0.463 bits per heavy atom. The van der Waals surface area contributed by atoms with E-state index in [4.69, 9.17) is 14.1 Å². The van der Waals surface area contributed by atoms with Crippen molar-refractivity contribution in [3.63, 3.8) is 0 Å². The number of aromatic nitrogens is 4. The highest BCUT2D eigenvalue weighted by Gasteiger charge is 2.48. The summed E-state index contributed by atoms with van der Waals surface area (Å²) in [5.74, 6) is 2.26. The molecule has 12 rings (SSSR count). The van der Waals surface area contributed by atoms with Gasteiger partial charge in [0.15, 0.2) is 0 Å². The zero-order valence-electron chi connectivity index (χ0n) is 28.8. The van der Waals surface area contributed by atoms with Gasteiger partial charge in [-0.1, -0.05) is 91.0 Å². The van der Waals surface area contributed by atoms with E-state index in [2.05, 4.69) is 137 Å². The number of para-hydroxylation sites is 2. The van der Waals surface area contributed by atoms with Gasteiger partial charge in [0.25, 0.3) is 0 Å². The fourth-order valence-electron chi connectivity index (χ4n) is 8.99. The summed E-state index contributed by atoms with van der Waals surface area (Å²) in [6, 6.07) is 49.3. The molecule has 1 aliphatic heterocycles. The number of benzene rings is 6. The molecule has 0 N–H and O–H groups in total. The molecule has 10 aromatic rings. The summed E-state index contributed by atoms with van der Waals surface area (Å²) < 4.78 is 15.5. The van der Waals surface area contributed by atoms with Gasteiger partial charge in [0.05, 0.1) is 10.9 Å². The predicted octanol–water partition coefficient (Wildman–Crippen LogP) is 11.5. The van der Waals surface area contributed by atoms with Gasteiger partial charge >= 0.3 is 0 Å². The smallest absolute Gasteiger partial charge is 0.235 e.